The van der Waals surface area contributed by atoms with Crippen LogP contribution in [0.15, 0.2) is 12.1 Å². The van der Waals surface area contributed by atoms with Crippen molar-refractivity contribution in [3.63, 3.8) is 0 Å². The lowest BCUT2D eigenvalue weighted by Crippen LogP contribution is -2.47. The van der Waals surface area contributed by atoms with Gasteiger partial charge in [-0.25, -0.2) is 0 Å². The lowest BCUT2D eigenvalue weighted by molar-refractivity contribution is 0.205. The molecule has 1 saturated carbocycles. The molecular formula is C17H25NO2. The summed E-state index contributed by atoms with van der Waals surface area (Å²) < 4.78 is 11.7. The van der Waals surface area contributed by atoms with Crippen molar-refractivity contribution in [2.45, 2.75) is 64.6 Å². The molecule has 20 heavy (non-hydrogen) atoms. The van der Waals surface area contributed by atoms with Gasteiger partial charge < -0.3 is 14.8 Å². The molecule has 110 valence electrons. The first-order valence-electron chi connectivity index (χ1n) is 7.80. The Balaban J connectivity index is 1.79. The van der Waals surface area contributed by atoms with Crippen LogP contribution in [0.1, 0.15) is 51.2 Å². The zero-order valence-electron chi connectivity index (χ0n) is 12.8. The molecule has 0 aromatic heterocycles. The average molecular weight is 275 g/mol. The van der Waals surface area contributed by atoms with Gasteiger partial charge in [-0.2, -0.15) is 0 Å². The Morgan fingerprint density at radius 2 is 2.20 bits per heavy atom. The lowest BCUT2D eigenvalue weighted by atomic mass is 9.78. The van der Waals surface area contributed by atoms with E-state index >= 15 is 0 Å². The first kappa shape index (κ1) is 13.7. The molecule has 1 fully saturated rings. The van der Waals surface area contributed by atoms with Crippen LogP contribution in [0.3, 0.4) is 0 Å². The maximum Gasteiger partial charge on any atom is 0.124 e. The van der Waals surface area contributed by atoms with E-state index in [1.165, 1.54) is 30.4 Å². The SMILES string of the molecule is CCOc1cc2c(cc1CNC1(C)CCC1)OC(C)C2. The predicted molar refractivity (Wildman–Crippen MR) is 80.5 cm³/mol. The number of fused-ring (bicyclic) bond motifs is 1. The summed E-state index contributed by atoms with van der Waals surface area (Å²) in [6, 6.07) is 4.33. The van der Waals surface area contributed by atoms with Crippen LogP contribution in [0, 0.1) is 0 Å². The molecule has 1 atom stereocenters. The Hall–Kier alpha value is -1.22. The number of benzene rings is 1. The number of hydrogen-bond acceptors (Lipinski definition) is 3. The highest BCUT2D eigenvalue weighted by Crippen LogP contribution is 2.36. The largest absolute Gasteiger partial charge is 0.494 e. The Morgan fingerprint density at radius 1 is 1.40 bits per heavy atom. The first-order chi connectivity index (χ1) is 9.59. The molecule has 1 aliphatic carbocycles. The first-order valence-corrected chi connectivity index (χ1v) is 7.80. The van der Waals surface area contributed by atoms with Crippen molar-refractivity contribution >= 4 is 0 Å². The van der Waals surface area contributed by atoms with Gasteiger partial charge >= 0.3 is 0 Å². The van der Waals surface area contributed by atoms with E-state index in [-0.39, 0.29) is 6.10 Å². The molecule has 1 aromatic carbocycles. The number of rotatable bonds is 5. The maximum absolute atomic E-state index is 5.87. The molecule has 0 spiro atoms. The predicted octanol–water partition coefficient (Wildman–Crippen LogP) is 3.44. The molecule has 0 bridgehead atoms. The summed E-state index contributed by atoms with van der Waals surface area (Å²) in [7, 11) is 0. The van der Waals surface area contributed by atoms with Crippen LogP contribution in [0.5, 0.6) is 11.5 Å². The van der Waals surface area contributed by atoms with E-state index < -0.39 is 0 Å². The average Bonchev–Trinajstić information content (AvgIpc) is 2.73. The highest BCUT2D eigenvalue weighted by Gasteiger charge is 2.31. The fourth-order valence-corrected chi connectivity index (χ4v) is 3.10. The van der Waals surface area contributed by atoms with Crippen molar-refractivity contribution in [1.29, 1.82) is 0 Å². The second-order valence-corrected chi connectivity index (χ2v) is 6.40. The third-order valence-corrected chi connectivity index (χ3v) is 4.54. The van der Waals surface area contributed by atoms with Crippen molar-refractivity contribution in [3.05, 3.63) is 23.3 Å². The van der Waals surface area contributed by atoms with Gasteiger partial charge in [0.05, 0.1) is 6.61 Å². The molecule has 1 aromatic rings. The minimum Gasteiger partial charge on any atom is -0.494 e. The van der Waals surface area contributed by atoms with Crippen LogP contribution < -0.4 is 14.8 Å². The summed E-state index contributed by atoms with van der Waals surface area (Å²) in [5.74, 6) is 2.05. The van der Waals surface area contributed by atoms with E-state index in [0.29, 0.717) is 12.1 Å². The standard InChI is InChI=1S/C17H25NO2/c1-4-19-15-9-13-8-12(2)20-16(13)10-14(15)11-18-17(3)6-5-7-17/h9-10,12,18H,4-8,11H2,1-3H3. The number of nitrogens with one attached hydrogen (secondary N) is 1. The Labute approximate surface area is 121 Å². The zero-order chi connectivity index (χ0) is 14.2. The van der Waals surface area contributed by atoms with Gasteiger partial charge in [0.25, 0.3) is 0 Å². The Kier molecular flexibility index (Phi) is 3.63. The van der Waals surface area contributed by atoms with Gasteiger partial charge in [-0.1, -0.05) is 0 Å². The van der Waals surface area contributed by atoms with E-state index in [4.69, 9.17) is 9.47 Å². The maximum atomic E-state index is 5.87. The zero-order valence-corrected chi connectivity index (χ0v) is 12.8. The summed E-state index contributed by atoms with van der Waals surface area (Å²) in [5.41, 5.74) is 2.81. The molecule has 1 heterocycles. The van der Waals surface area contributed by atoms with Crippen LogP contribution >= 0.6 is 0 Å². The minimum absolute atomic E-state index is 0.284. The third-order valence-electron chi connectivity index (χ3n) is 4.54. The summed E-state index contributed by atoms with van der Waals surface area (Å²) in [4.78, 5) is 0. The van der Waals surface area contributed by atoms with Crippen LogP contribution in [-0.2, 0) is 13.0 Å². The Bertz CT molecular complexity index is 494. The van der Waals surface area contributed by atoms with E-state index in [1.54, 1.807) is 0 Å². The molecule has 3 rings (SSSR count). The highest BCUT2D eigenvalue weighted by molar-refractivity contribution is 5.48. The van der Waals surface area contributed by atoms with Crippen molar-refractivity contribution in [3.8, 4) is 11.5 Å². The molecule has 1 unspecified atom stereocenters. The van der Waals surface area contributed by atoms with Gasteiger partial charge in [-0.15, -0.1) is 0 Å². The van der Waals surface area contributed by atoms with Gasteiger partial charge in [0.2, 0.25) is 0 Å². The molecule has 3 nitrogen and oxygen atoms in total. The minimum atomic E-state index is 0.284. The summed E-state index contributed by atoms with van der Waals surface area (Å²) in [5, 5.41) is 3.68. The van der Waals surface area contributed by atoms with Crippen LogP contribution in [-0.4, -0.2) is 18.2 Å². The number of ether oxygens (including phenoxy) is 2. The van der Waals surface area contributed by atoms with Crippen LogP contribution in [0.2, 0.25) is 0 Å². The lowest BCUT2D eigenvalue weighted by Gasteiger charge is -2.39. The molecule has 0 amide bonds. The van der Waals surface area contributed by atoms with E-state index in [1.807, 2.05) is 6.92 Å². The van der Waals surface area contributed by atoms with Crippen LogP contribution in [0.25, 0.3) is 0 Å². The second-order valence-electron chi connectivity index (χ2n) is 6.40. The normalized spacial score (nSPS) is 22.9. The molecule has 3 heteroatoms. The molecule has 2 aliphatic rings. The molecule has 1 aliphatic heterocycles. The molecule has 1 N–H and O–H groups in total. The van der Waals surface area contributed by atoms with Gasteiger partial charge in [-0.05, 0) is 52.2 Å². The van der Waals surface area contributed by atoms with Gasteiger partial charge in [-0.3, -0.25) is 0 Å². The Morgan fingerprint density at radius 3 is 2.85 bits per heavy atom. The molecular weight excluding hydrogens is 250 g/mol. The van der Waals surface area contributed by atoms with Gasteiger partial charge in [0.15, 0.2) is 0 Å². The van der Waals surface area contributed by atoms with Crippen molar-refractivity contribution < 1.29 is 9.47 Å². The summed E-state index contributed by atoms with van der Waals surface area (Å²) in [6.45, 7) is 8.03. The third kappa shape index (κ3) is 2.64. The topological polar surface area (TPSA) is 30.5 Å². The highest BCUT2D eigenvalue weighted by atomic mass is 16.5. The molecule has 0 saturated heterocycles. The fourth-order valence-electron chi connectivity index (χ4n) is 3.10. The van der Waals surface area contributed by atoms with Crippen molar-refractivity contribution in [1.82, 2.24) is 5.32 Å². The van der Waals surface area contributed by atoms with Crippen LogP contribution in [0.4, 0.5) is 0 Å². The van der Waals surface area contributed by atoms with Crippen molar-refractivity contribution in [2.24, 2.45) is 0 Å². The second kappa shape index (κ2) is 5.28. The van der Waals surface area contributed by atoms with Crippen molar-refractivity contribution in [2.75, 3.05) is 6.61 Å². The smallest absolute Gasteiger partial charge is 0.124 e. The molecule has 0 radical (unpaired) electrons. The summed E-state index contributed by atoms with van der Waals surface area (Å²) >= 11 is 0. The monoisotopic (exact) mass is 275 g/mol. The van der Waals surface area contributed by atoms with E-state index in [0.717, 1.165) is 24.5 Å². The summed E-state index contributed by atoms with van der Waals surface area (Å²) in [6.07, 6.45) is 5.16. The van der Waals surface area contributed by atoms with Gasteiger partial charge in [0, 0.05) is 29.6 Å². The van der Waals surface area contributed by atoms with E-state index in [2.05, 4.69) is 31.3 Å². The van der Waals surface area contributed by atoms with E-state index in [9.17, 15) is 0 Å². The van der Waals surface area contributed by atoms with Gasteiger partial charge in [0.1, 0.15) is 17.6 Å². The number of hydrogen-bond donors (Lipinski definition) is 1. The fraction of sp³-hybridized carbons (Fsp3) is 0.647. The quantitative estimate of drug-likeness (QED) is 0.893.